The van der Waals surface area contributed by atoms with E-state index in [1.165, 1.54) is 57.8 Å². The molecule has 1 atom stereocenters. The van der Waals surface area contributed by atoms with Crippen LogP contribution in [0.5, 0.6) is 0 Å². The molecule has 0 aromatic carbocycles. The second-order valence-electron chi connectivity index (χ2n) is 18.4. The molecule has 0 saturated heterocycles. The van der Waals surface area contributed by atoms with Crippen molar-refractivity contribution in [1.82, 2.24) is 0 Å². The van der Waals surface area contributed by atoms with Crippen molar-refractivity contribution in [2.75, 3.05) is 13.2 Å². The van der Waals surface area contributed by atoms with Gasteiger partial charge < -0.3 is 14.2 Å². The van der Waals surface area contributed by atoms with Crippen LogP contribution in [0.2, 0.25) is 0 Å². The van der Waals surface area contributed by atoms with Crippen molar-refractivity contribution < 1.29 is 28.6 Å². The number of rotatable bonds is 50. The number of hydrogen-bond acceptors (Lipinski definition) is 6. The van der Waals surface area contributed by atoms with E-state index in [2.05, 4.69) is 142 Å². The van der Waals surface area contributed by atoms with Gasteiger partial charge >= 0.3 is 17.9 Å². The third-order valence-electron chi connectivity index (χ3n) is 11.7. The molecule has 0 aliphatic carbocycles. The van der Waals surface area contributed by atoms with Crippen molar-refractivity contribution in [2.45, 2.75) is 252 Å². The normalized spacial score (nSPS) is 13.0. The maximum Gasteiger partial charge on any atom is 0.306 e. The molecule has 0 N–H and O–H groups in total. The van der Waals surface area contributed by atoms with Crippen LogP contribution >= 0.6 is 0 Å². The predicted molar refractivity (Wildman–Crippen MR) is 302 cm³/mol. The van der Waals surface area contributed by atoms with Gasteiger partial charge in [0.2, 0.25) is 0 Å². The molecule has 0 rings (SSSR count). The minimum atomic E-state index is -0.804. The van der Waals surface area contributed by atoms with Crippen LogP contribution < -0.4 is 0 Å². The second kappa shape index (κ2) is 57.4. The Morgan fingerprint density at radius 3 is 0.900 bits per heavy atom. The molecule has 70 heavy (non-hydrogen) atoms. The standard InChI is InChI=1S/C64H104O6/c1-4-7-10-13-16-19-22-25-27-28-29-30-31-32-33-34-35-36-37-40-42-45-48-51-54-57-63(66)69-60-61(59-68-62(65)56-53-50-47-44-41-38-24-21-18-15-12-9-6-3)70-64(67)58-55-52-49-46-43-39-26-23-20-17-14-11-8-5-2/h7,9-10,12,16,18-19,21,23,25-27,29-30,32-33,35-36,38,41,61H,4-6,8,11,13-15,17,20,22,24,28,31,34,37,39-40,42-60H2,1-3H3/b10-7-,12-9-,19-16-,21-18-,26-23-,27-25-,30-29-,33-32-,36-35-,41-38-. The Morgan fingerprint density at radius 2 is 0.557 bits per heavy atom. The van der Waals surface area contributed by atoms with Gasteiger partial charge in [-0.1, -0.05) is 219 Å². The van der Waals surface area contributed by atoms with Crippen LogP contribution in [-0.2, 0) is 28.6 Å². The maximum atomic E-state index is 12.8. The van der Waals surface area contributed by atoms with Gasteiger partial charge in [-0.25, -0.2) is 0 Å². The number of carbonyl (C=O) groups is 3. The van der Waals surface area contributed by atoms with Gasteiger partial charge in [0, 0.05) is 19.3 Å². The zero-order valence-electron chi connectivity index (χ0n) is 45.2. The fourth-order valence-corrected chi connectivity index (χ4v) is 7.45. The molecule has 0 aromatic rings. The first-order chi connectivity index (χ1) is 34.5. The molecule has 6 nitrogen and oxygen atoms in total. The molecule has 0 aromatic heterocycles. The third kappa shape index (κ3) is 54.7. The molecule has 0 fully saturated rings. The van der Waals surface area contributed by atoms with Crippen molar-refractivity contribution in [3.05, 3.63) is 122 Å². The average Bonchev–Trinajstić information content (AvgIpc) is 3.36. The van der Waals surface area contributed by atoms with Gasteiger partial charge in [-0.05, 0) is 128 Å². The summed E-state index contributed by atoms with van der Waals surface area (Å²) in [5.41, 5.74) is 0. The Labute approximate surface area is 431 Å². The zero-order valence-corrected chi connectivity index (χ0v) is 45.2. The van der Waals surface area contributed by atoms with Crippen molar-refractivity contribution in [1.29, 1.82) is 0 Å². The van der Waals surface area contributed by atoms with Crippen molar-refractivity contribution in [3.8, 4) is 0 Å². The van der Waals surface area contributed by atoms with Crippen molar-refractivity contribution >= 4 is 17.9 Å². The van der Waals surface area contributed by atoms with Gasteiger partial charge in [0.1, 0.15) is 13.2 Å². The molecular formula is C64H104O6. The second-order valence-corrected chi connectivity index (χ2v) is 18.4. The molecule has 0 aliphatic rings. The molecule has 0 bridgehead atoms. The Kier molecular flexibility index (Phi) is 54.0. The topological polar surface area (TPSA) is 78.9 Å². The summed E-state index contributed by atoms with van der Waals surface area (Å²) in [6, 6.07) is 0. The number of hydrogen-bond donors (Lipinski definition) is 0. The first-order valence-electron chi connectivity index (χ1n) is 28.5. The van der Waals surface area contributed by atoms with Crippen molar-refractivity contribution in [2.24, 2.45) is 0 Å². The van der Waals surface area contributed by atoms with Crippen LogP contribution in [0.1, 0.15) is 245 Å². The van der Waals surface area contributed by atoms with Crippen LogP contribution in [-0.4, -0.2) is 37.2 Å². The summed E-state index contributed by atoms with van der Waals surface area (Å²) in [6.07, 6.45) is 79.0. The summed E-state index contributed by atoms with van der Waals surface area (Å²) < 4.78 is 16.8. The predicted octanol–water partition coefficient (Wildman–Crippen LogP) is 19.3. The van der Waals surface area contributed by atoms with E-state index in [-0.39, 0.29) is 31.1 Å². The highest BCUT2D eigenvalue weighted by molar-refractivity contribution is 5.71. The number of esters is 3. The Balaban J connectivity index is 4.40. The molecular weight excluding hydrogens is 865 g/mol. The lowest BCUT2D eigenvalue weighted by Crippen LogP contribution is -2.30. The molecule has 0 amide bonds. The van der Waals surface area contributed by atoms with E-state index in [9.17, 15) is 14.4 Å². The van der Waals surface area contributed by atoms with Crippen LogP contribution in [0.4, 0.5) is 0 Å². The summed E-state index contributed by atoms with van der Waals surface area (Å²) in [4.78, 5) is 38.1. The molecule has 396 valence electrons. The van der Waals surface area contributed by atoms with Crippen LogP contribution in [0, 0.1) is 0 Å². The highest BCUT2D eigenvalue weighted by atomic mass is 16.6. The van der Waals surface area contributed by atoms with E-state index in [1.54, 1.807) is 0 Å². The first kappa shape index (κ1) is 65.8. The third-order valence-corrected chi connectivity index (χ3v) is 11.7. The fourth-order valence-electron chi connectivity index (χ4n) is 7.45. The average molecular weight is 970 g/mol. The Hall–Kier alpha value is -4.19. The summed E-state index contributed by atoms with van der Waals surface area (Å²) in [5, 5.41) is 0. The molecule has 0 radical (unpaired) electrons. The van der Waals surface area contributed by atoms with Crippen molar-refractivity contribution in [3.63, 3.8) is 0 Å². The van der Waals surface area contributed by atoms with E-state index >= 15 is 0 Å². The maximum absolute atomic E-state index is 12.8. The molecule has 0 heterocycles. The van der Waals surface area contributed by atoms with Crippen LogP contribution in [0.3, 0.4) is 0 Å². The fraction of sp³-hybridized carbons (Fsp3) is 0.641. The smallest absolute Gasteiger partial charge is 0.306 e. The number of ether oxygens (including phenoxy) is 3. The van der Waals surface area contributed by atoms with Gasteiger partial charge in [0.15, 0.2) is 6.10 Å². The van der Waals surface area contributed by atoms with Crippen LogP contribution in [0.15, 0.2) is 122 Å². The monoisotopic (exact) mass is 969 g/mol. The van der Waals surface area contributed by atoms with Gasteiger partial charge in [-0.2, -0.15) is 0 Å². The lowest BCUT2D eigenvalue weighted by Gasteiger charge is -2.18. The van der Waals surface area contributed by atoms with Gasteiger partial charge in [0.25, 0.3) is 0 Å². The van der Waals surface area contributed by atoms with E-state index in [0.717, 1.165) is 148 Å². The highest BCUT2D eigenvalue weighted by Crippen LogP contribution is 2.13. The number of allylic oxidation sites excluding steroid dienone is 20. The minimum Gasteiger partial charge on any atom is -0.462 e. The highest BCUT2D eigenvalue weighted by Gasteiger charge is 2.19. The summed E-state index contributed by atoms with van der Waals surface area (Å²) in [7, 11) is 0. The first-order valence-corrected chi connectivity index (χ1v) is 28.5. The lowest BCUT2D eigenvalue weighted by molar-refractivity contribution is -0.167. The van der Waals surface area contributed by atoms with Gasteiger partial charge in [0.05, 0.1) is 0 Å². The van der Waals surface area contributed by atoms with E-state index in [1.807, 2.05) is 0 Å². The molecule has 0 spiro atoms. The minimum absolute atomic E-state index is 0.102. The molecule has 0 saturated carbocycles. The zero-order chi connectivity index (χ0) is 50.7. The lowest BCUT2D eigenvalue weighted by atomic mass is 10.1. The van der Waals surface area contributed by atoms with E-state index in [4.69, 9.17) is 14.2 Å². The largest absolute Gasteiger partial charge is 0.462 e. The summed E-state index contributed by atoms with van der Waals surface area (Å²) >= 11 is 0. The Morgan fingerprint density at radius 1 is 0.300 bits per heavy atom. The number of carbonyl (C=O) groups excluding carboxylic acids is 3. The SMILES string of the molecule is CC/C=C\C/C=C\C/C=C\C/C=C\C/C=C\C/C=C\CCCCCCCCC(=O)OCC(COC(=O)CCCCC/C=C\C/C=C\C/C=C\CC)OC(=O)CCCCCCC/C=C\CCCCCCC. The van der Waals surface area contributed by atoms with Gasteiger partial charge in [-0.15, -0.1) is 0 Å². The summed E-state index contributed by atoms with van der Waals surface area (Å²) in [6.45, 7) is 6.35. The Bertz CT molecular complexity index is 1490. The molecule has 6 heteroatoms. The van der Waals surface area contributed by atoms with Gasteiger partial charge in [-0.3, -0.25) is 14.4 Å². The molecule has 1 unspecified atom stereocenters. The number of unbranched alkanes of at least 4 members (excludes halogenated alkanes) is 19. The van der Waals surface area contributed by atoms with Crippen LogP contribution in [0.25, 0.3) is 0 Å². The van der Waals surface area contributed by atoms with E-state index < -0.39 is 6.10 Å². The van der Waals surface area contributed by atoms with E-state index in [0.29, 0.717) is 19.3 Å². The molecule has 0 aliphatic heterocycles. The summed E-state index contributed by atoms with van der Waals surface area (Å²) in [5.74, 6) is -0.956. The quantitative estimate of drug-likeness (QED) is 0.0262.